The van der Waals surface area contributed by atoms with Crippen LogP contribution in [0.5, 0.6) is 0 Å². The van der Waals surface area contributed by atoms with Crippen molar-refractivity contribution in [3.63, 3.8) is 0 Å². The minimum absolute atomic E-state index is 0.0317. The second kappa shape index (κ2) is 7.26. The fraction of sp³-hybridized carbons (Fsp3) is 0.250. The molecule has 4 rings (SSSR count). The number of aromatic nitrogens is 2. The van der Waals surface area contributed by atoms with Crippen LogP contribution < -0.4 is 0 Å². The lowest BCUT2D eigenvalue weighted by atomic mass is 9.90. The molecule has 30 heavy (non-hydrogen) atoms. The highest BCUT2D eigenvalue weighted by Gasteiger charge is 2.35. The summed E-state index contributed by atoms with van der Waals surface area (Å²) in [5.74, 6) is -0.305. The summed E-state index contributed by atoms with van der Waals surface area (Å²) in [5, 5.41) is 0. The quantitative estimate of drug-likeness (QED) is 0.453. The fourth-order valence-electron chi connectivity index (χ4n) is 3.27. The van der Waals surface area contributed by atoms with Crippen LogP contribution in [0.1, 0.15) is 29.9 Å². The van der Waals surface area contributed by atoms with Gasteiger partial charge in [0.25, 0.3) is 0 Å². The summed E-state index contributed by atoms with van der Waals surface area (Å²) >= 11 is 0. The van der Waals surface area contributed by atoms with Crippen molar-refractivity contribution in [1.29, 1.82) is 0 Å². The van der Waals surface area contributed by atoms with Crippen LogP contribution in [-0.2, 0) is 6.18 Å². The van der Waals surface area contributed by atoms with Gasteiger partial charge in [-0.2, -0.15) is 26.3 Å². The predicted octanol–water partition coefficient (Wildman–Crippen LogP) is 6.30. The Bertz CT molecular complexity index is 1140. The summed E-state index contributed by atoms with van der Waals surface area (Å²) in [6, 6.07) is 4.54. The van der Waals surface area contributed by atoms with E-state index in [-0.39, 0.29) is 35.7 Å². The molecule has 0 bridgehead atoms. The third-order valence-corrected chi connectivity index (χ3v) is 4.74. The van der Waals surface area contributed by atoms with Gasteiger partial charge >= 0.3 is 12.4 Å². The molecule has 0 fully saturated rings. The maximum Gasteiger partial charge on any atom is 0.432 e. The van der Waals surface area contributed by atoms with Crippen molar-refractivity contribution in [3.8, 4) is 11.5 Å². The summed E-state index contributed by atoms with van der Waals surface area (Å²) in [4.78, 5) is 11.7. The van der Waals surface area contributed by atoms with E-state index in [1.165, 1.54) is 24.7 Å². The molecule has 4 nitrogen and oxygen atoms in total. The number of oxazole rings is 1. The van der Waals surface area contributed by atoms with E-state index in [4.69, 9.17) is 4.42 Å². The number of fused-ring (bicyclic) bond motifs is 1. The molecule has 10 heteroatoms. The fourth-order valence-corrected chi connectivity index (χ4v) is 3.27. The molecule has 1 aliphatic heterocycles. The number of nitrogens with zero attached hydrogens (tertiary/aromatic N) is 3. The van der Waals surface area contributed by atoms with Gasteiger partial charge < -0.3 is 4.42 Å². The number of allylic oxidation sites excluding steroid dienone is 2. The number of benzene rings is 1. The van der Waals surface area contributed by atoms with Gasteiger partial charge in [-0.3, -0.25) is 9.98 Å². The number of aliphatic imine (C=N–C) groups is 1. The van der Waals surface area contributed by atoms with Crippen molar-refractivity contribution in [3.05, 3.63) is 59.6 Å². The van der Waals surface area contributed by atoms with Gasteiger partial charge in [-0.1, -0.05) is 6.08 Å². The number of pyridine rings is 1. The molecule has 0 spiro atoms. The van der Waals surface area contributed by atoms with Crippen LogP contribution in [0.25, 0.3) is 22.6 Å². The first-order valence-corrected chi connectivity index (χ1v) is 8.85. The number of hydrogen-bond donors (Lipinski definition) is 0. The van der Waals surface area contributed by atoms with Gasteiger partial charge in [0.1, 0.15) is 11.2 Å². The first-order valence-electron chi connectivity index (χ1n) is 8.85. The van der Waals surface area contributed by atoms with Gasteiger partial charge in [-0.05, 0) is 48.6 Å². The first-order chi connectivity index (χ1) is 14.1. The Hall–Kier alpha value is -3.17. The van der Waals surface area contributed by atoms with Gasteiger partial charge in [-0.25, -0.2) is 4.98 Å². The second-order valence-electron chi connectivity index (χ2n) is 6.73. The predicted molar refractivity (Wildman–Crippen MR) is 96.8 cm³/mol. The Morgan fingerprint density at radius 1 is 0.967 bits per heavy atom. The largest absolute Gasteiger partial charge is 0.436 e. The second-order valence-corrected chi connectivity index (χ2v) is 6.73. The third-order valence-electron chi connectivity index (χ3n) is 4.74. The van der Waals surface area contributed by atoms with Crippen molar-refractivity contribution >= 4 is 17.3 Å². The zero-order chi connectivity index (χ0) is 21.5. The van der Waals surface area contributed by atoms with Crippen molar-refractivity contribution in [2.75, 3.05) is 0 Å². The van der Waals surface area contributed by atoms with E-state index in [9.17, 15) is 26.3 Å². The molecule has 0 saturated carbocycles. The van der Waals surface area contributed by atoms with E-state index in [0.29, 0.717) is 11.1 Å². The van der Waals surface area contributed by atoms with E-state index in [1.807, 2.05) is 0 Å². The standard InChI is InChI=1S/C20H13F6N3O/c21-19(22,23)12-2-3-16-15(9-12)29-18(30-16)13-6-7-27-10-14(13)11-1-4-17(20(24,25)26)28-8-5-11/h2-4,6-11H,1,5H2. The van der Waals surface area contributed by atoms with Crippen LogP contribution in [0, 0.1) is 0 Å². The van der Waals surface area contributed by atoms with E-state index >= 15 is 0 Å². The minimum Gasteiger partial charge on any atom is -0.436 e. The molecule has 0 saturated heterocycles. The molecular weight excluding hydrogens is 412 g/mol. The normalized spacial score (nSPS) is 17.8. The van der Waals surface area contributed by atoms with Crippen LogP contribution in [0.2, 0.25) is 0 Å². The van der Waals surface area contributed by atoms with Crippen LogP contribution in [0.4, 0.5) is 26.3 Å². The van der Waals surface area contributed by atoms with Crippen LogP contribution >= 0.6 is 0 Å². The maximum absolute atomic E-state index is 12.9. The summed E-state index contributed by atoms with van der Waals surface area (Å²) in [6.45, 7) is 0. The summed E-state index contributed by atoms with van der Waals surface area (Å²) in [7, 11) is 0. The lowest BCUT2D eigenvalue weighted by Gasteiger charge is -2.14. The molecule has 0 amide bonds. The Balaban J connectivity index is 1.72. The Kier molecular flexibility index (Phi) is 4.87. The molecule has 156 valence electrons. The van der Waals surface area contributed by atoms with E-state index in [1.54, 1.807) is 6.07 Å². The first kappa shape index (κ1) is 20.1. The molecule has 1 aliphatic rings. The average Bonchev–Trinajstić information content (AvgIpc) is 2.93. The number of hydrogen-bond acceptors (Lipinski definition) is 4. The number of rotatable bonds is 2. The molecule has 1 atom stereocenters. The summed E-state index contributed by atoms with van der Waals surface area (Å²) in [6.07, 6.45) is -3.59. The monoisotopic (exact) mass is 425 g/mol. The molecule has 0 aliphatic carbocycles. The van der Waals surface area contributed by atoms with Crippen molar-refractivity contribution in [2.24, 2.45) is 4.99 Å². The molecule has 3 heterocycles. The van der Waals surface area contributed by atoms with E-state index in [0.717, 1.165) is 18.2 Å². The van der Waals surface area contributed by atoms with Crippen LogP contribution in [0.15, 0.2) is 57.8 Å². The SMILES string of the molecule is FC(F)(F)C1=CCC(c2cnccc2-c2nc3cc(C(F)(F)F)ccc3o2)CC=N1. The highest BCUT2D eigenvalue weighted by atomic mass is 19.4. The summed E-state index contributed by atoms with van der Waals surface area (Å²) < 4.78 is 83.2. The molecule has 2 aromatic heterocycles. The van der Waals surface area contributed by atoms with Crippen LogP contribution in [-0.4, -0.2) is 22.4 Å². The highest BCUT2D eigenvalue weighted by molar-refractivity contribution is 5.78. The Morgan fingerprint density at radius 2 is 1.77 bits per heavy atom. The highest BCUT2D eigenvalue weighted by Crippen LogP contribution is 2.38. The minimum atomic E-state index is -4.54. The van der Waals surface area contributed by atoms with Gasteiger partial charge in [-0.15, -0.1) is 0 Å². The molecular formula is C20H13F6N3O. The topological polar surface area (TPSA) is 51.3 Å². The zero-order valence-corrected chi connectivity index (χ0v) is 15.1. The summed E-state index contributed by atoms with van der Waals surface area (Å²) in [5.41, 5.74) is -0.582. The van der Waals surface area contributed by atoms with Gasteiger partial charge in [0.05, 0.1) is 5.56 Å². The Labute approximate surface area is 166 Å². The lowest BCUT2D eigenvalue weighted by molar-refractivity contribution is -0.137. The van der Waals surface area contributed by atoms with Crippen LogP contribution in [0.3, 0.4) is 0 Å². The van der Waals surface area contributed by atoms with Crippen molar-refractivity contribution in [1.82, 2.24) is 9.97 Å². The molecule has 0 N–H and O–H groups in total. The number of halogens is 6. The van der Waals surface area contributed by atoms with E-state index in [2.05, 4.69) is 15.0 Å². The molecule has 0 radical (unpaired) electrons. The maximum atomic E-state index is 12.9. The third kappa shape index (κ3) is 3.94. The zero-order valence-electron chi connectivity index (χ0n) is 15.1. The van der Waals surface area contributed by atoms with Crippen molar-refractivity contribution < 1.29 is 30.8 Å². The average molecular weight is 425 g/mol. The van der Waals surface area contributed by atoms with Gasteiger partial charge in [0, 0.05) is 24.2 Å². The smallest absolute Gasteiger partial charge is 0.432 e. The molecule has 1 aromatic carbocycles. The van der Waals surface area contributed by atoms with Gasteiger partial charge in [0.2, 0.25) is 5.89 Å². The van der Waals surface area contributed by atoms with E-state index < -0.39 is 23.6 Å². The van der Waals surface area contributed by atoms with Gasteiger partial charge in [0.15, 0.2) is 5.58 Å². The van der Waals surface area contributed by atoms with Crippen molar-refractivity contribution in [2.45, 2.75) is 31.1 Å². The Morgan fingerprint density at radius 3 is 2.50 bits per heavy atom. The molecule has 1 unspecified atom stereocenters. The number of alkyl halides is 6. The molecule has 3 aromatic rings. The lowest BCUT2D eigenvalue weighted by Crippen LogP contribution is -2.09.